The van der Waals surface area contributed by atoms with Crippen molar-refractivity contribution in [2.24, 2.45) is 0 Å². The van der Waals surface area contributed by atoms with Crippen LogP contribution in [-0.4, -0.2) is 6.61 Å². The molecule has 0 heterocycles. The van der Waals surface area contributed by atoms with Gasteiger partial charge in [-0.15, -0.1) is 5.73 Å². The van der Waals surface area contributed by atoms with Crippen molar-refractivity contribution in [3.05, 3.63) is 48.2 Å². The van der Waals surface area contributed by atoms with Gasteiger partial charge in [0.25, 0.3) is 0 Å². The molecule has 0 spiro atoms. The number of aryl methyl sites for hydroxylation is 1. The summed E-state index contributed by atoms with van der Waals surface area (Å²) in [6.45, 7) is 6.03. The summed E-state index contributed by atoms with van der Waals surface area (Å²) in [6.07, 6.45) is 1.75. The minimum atomic E-state index is 0.534. The third kappa shape index (κ3) is 2.65. The van der Waals surface area contributed by atoms with Crippen molar-refractivity contribution < 1.29 is 4.74 Å². The average Bonchev–Trinajstić information content (AvgIpc) is 2.09. The SMILES string of the molecule is C=C=CCOc1ccc(C)cc1. The van der Waals surface area contributed by atoms with Crippen LogP contribution < -0.4 is 4.74 Å². The Morgan fingerprint density at radius 2 is 2.08 bits per heavy atom. The number of rotatable bonds is 3. The topological polar surface area (TPSA) is 9.23 Å². The summed E-state index contributed by atoms with van der Waals surface area (Å²) in [6, 6.07) is 7.94. The van der Waals surface area contributed by atoms with E-state index in [-0.39, 0.29) is 0 Å². The van der Waals surface area contributed by atoms with Gasteiger partial charge in [0, 0.05) is 0 Å². The fourth-order valence-electron chi connectivity index (χ4n) is 0.831. The van der Waals surface area contributed by atoms with E-state index in [0.717, 1.165) is 5.75 Å². The Bertz CT molecular complexity index is 278. The van der Waals surface area contributed by atoms with Crippen molar-refractivity contribution in [2.45, 2.75) is 6.92 Å². The molecule has 62 valence electrons. The van der Waals surface area contributed by atoms with E-state index in [1.807, 2.05) is 31.2 Å². The van der Waals surface area contributed by atoms with Crippen LogP contribution in [0.4, 0.5) is 0 Å². The minimum Gasteiger partial charge on any atom is -0.489 e. The molecule has 0 bridgehead atoms. The Morgan fingerprint density at radius 1 is 1.42 bits per heavy atom. The second-order valence-electron chi connectivity index (χ2n) is 2.53. The first-order valence-corrected chi connectivity index (χ1v) is 3.86. The minimum absolute atomic E-state index is 0.534. The molecule has 0 aliphatic carbocycles. The number of ether oxygens (including phenoxy) is 1. The maximum Gasteiger partial charge on any atom is 0.119 e. The summed E-state index contributed by atoms with van der Waals surface area (Å²) >= 11 is 0. The molecular formula is C11H12O. The monoisotopic (exact) mass is 160 g/mol. The van der Waals surface area contributed by atoms with E-state index in [1.165, 1.54) is 5.56 Å². The molecule has 0 saturated heterocycles. The summed E-state index contributed by atoms with van der Waals surface area (Å²) in [5.41, 5.74) is 3.89. The van der Waals surface area contributed by atoms with Gasteiger partial charge in [0.05, 0.1) is 0 Å². The Hall–Kier alpha value is -1.46. The first-order valence-electron chi connectivity index (χ1n) is 3.86. The first kappa shape index (κ1) is 8.63. The Balaban J connectivity index is 2.53. The average molecular weight is 160 g/mol. The molecule has 1 heteroatoms. The summed E-state index contributed by atoms with van der Waals surface area (Å²) in [5, 5.41) is 0. The third-order valence-corrected chi connectivity index (χ3v) is 1.50. The van der Waals surface area contributed by atoms with Gasteiger partial charge in [-0.1, -0.05) is 24.3 Å². The fourth-order valence-corrected chi connectivity index (χ4v) is 0.831. The molecule has 1 rings (SSSR count). The van der Waals surface area contributed by atoms with Crippen LogP contribution in [0.15, 0.2) is 42.7 Å². The van der Waals surface area contributed by atoms with Gasteiger partial charge in [0.2, 0.25) is 0 Å². The van der Waals surface area contributed by atoms with Crippen LogP contribution in [0, 0.1) is 6.92 Å². The summed E-state index contributed by atoms with van der Waals surface area (Å²) in [5.74, 6) is 0.882. The van der Waals surface area contributed by atoms with E-state index < -0.39 is 0 Å². The van der Waals surface area contributed by atoms with Crippen LogP contribution >= 0.6 is 0 Å². The number of benzene rings is 1. The lowest BCUT2D eigenvalue weighted by Gasteiger charge is -2.01. The van der Waals surface area contributed by atoms with Crippen molar-refractivity contribution >= 4 is 0 Å². The molecule has 0 amide bonds. The van der Waals surface area contributed by atoms with Gasteiger partial charge in [-0.2, -0.15) is 0 Å². The molecule has 1 aromatic carbocycles. The van der Waals surface area contributed by atoms with Crippen LogP contribution in [0.25, 0.3) is 0 Å². The smallest absolute Gasteiger partial charge is 0.119 e. The lowest BCUT2D eigenvalue weighted by atomic mass is 10.2. The van der Waals surface area contributed by atoms with Gasteiger partial charge < -0.3 is 4.74 Å². The predicted octanol–water partition coefficient (Wildman–Crippen LogP) is 2.71. The molecule has 0 saturated carbocycles. The highest BCUT2D eigenvalue weighted by molar-refractivity contribution is 5.26. The van der Waals surface area contributed by atoms with Crippen molar-refractivity contribution in [1.82, 2.24) is 0 Å². The zero-order chi connectivity index (χ0) is 8.81. The highest BCUT2D eigenvalue weighted by atomic mass is 16.5. The standard InChI is InChI=1S/C11H12O/c1-3-4-9-12-11-7-5-10(2)6-8-11/h4-8H,1,9H2,2H3. The molecule has 1 aromatic rings. The molecule has 0 radical (unpaired) electrons. The van der Waals surface area contributed by atoms with E-state index in [9.17, 15) is 0 Å². The van der Waals surface area contributed by atoms with Gasteiger partial charge in [-0.05, 0) is 25.1 Å². The van der Waals surface area contributed by atoms with Gasteiger partial charge in [-0.25, -0.2) is 0 Å². The fraction of sp³-hybridized carbons (Fsp3) is 0.182. The number of hydrogen-bond donors (Lipinski definition) is 0. The molecule has 0 fully saturated rings. The molecule has 0 unspecified atom stereocenters. The summed E-state index contributed by atoms with van der Waals surface area (Å²) < 4.78 is 5.34. The molecule has 0 atom stereocenters. The maximum atomic E-state index is 5.34. The van der Waals surface area contributed by atoms with E-state index in [0.29, 0.717) is 6.61 Å². The molecule has 1 nitrogen and oxygen atoms in total. The quantitative estimate of drug-likeness (QED) is 0.618. The zero-order valence-corrected chi connectivity index (χ0v) is 7.21. The molecule has 0 aromatic heterocycles. The van der Waals surface area contributed by atoms with Crippen molar-refractivity contribution in [1.29, 1.82) is 0 Å². The number of hydrogen-bond acceptors (Lipinski definition) is 1. The Labute approximate surface area is 73.0 Å². The normalized spacial score (nSPS) is 8.75. The predicted molar refractivity (Wildman–Crippen MR) is 50.4 cm³/mol. The Kier molecular flexibility index (Phi) is 3.18. The Morgan fingerprint density at radius 3 is 2.67 bits per heavy atom. The second kappa shape index (κ2) is 4.42. The van der Waals surface area contributed by atoms with Gasteiger partial charge in [0.1, 0.15) is 12.4 Å². The molecule has 0 aliphatic rings. The van der Waals surface area contributed by atoms with Crippen LogP contribution in [0.2, 0.25) is 0 Å². The zero-order valence-electron chi connectivity index (χ0n) is 7.21. The molecular weight excluding hydrogens is 148 g/mol. The van der Waals surface area contributed by atoms with E-state index in [4.69, 9.17) is 4.74 Å². The van der Waals surface area contributed by atoms with Crippen molar-refractivity contribution in [3.63, 3.8) is 0 Å². The van der Waals surface area contributed by atoms with Gasteiger partial charge in [-0.3, -0.25) is 0 Å². The molecule has 0 aliphatic heterocycles. The lowest BCUT2D eigenvalue weighted by molar-refractivity contribution is 0.363. The van der Waals surface area contributed by atoms with Gasteiger partial charge in [0.15, 0.2) is 0 Å². The van der Waals surface area contributed by atoms with E-state index in [2.05, 4.69) is 12.3 Å². The largest absolute Gasteiger partial charge is 0.489 e. The highest BCUT2D eigenvalue weighted by Gasteiger charge is 1.89. The van der Waals surface area contributed by atoms with Gasteiger partial charge >= 0.3 is 0 Å². The van der Waals surface area contributed by atoms with Crippen molar-refractivity contribution in [2.75, 3.05) is 6.61 Å². The van der Waals surface area contributed by atoms with E-state index >= 15 is 0 Å². The maximum absolute atomic E-state index is 5.34. The van der Waals surface area contributed by atoms with Crippen LogP contribution in [0.1, 0.15) is 5.56 Å². The summed E-state index contributed by atoms with van der Waals surface area (Å²) in [7, 11) is 0. The summed E-state index contributed by atoms with van der Waals surface area (Å²) in [4.78, 5) is 0. The van der Waals surface area contributed by atoms with Crippen molar-refractivity contribution in [3.8, 4) is 5.75 Å². The molecule has 12 heavy (non-hydrogen) atoms. The third-order valence-electron chi connectivity index (χ3n) is 1.50. The first-order chi connectivity index (χ1) is 5.83. The lowest BCUT2D eigenvalue weighted by Crippen LogP contribution is -1.91. The second-order valence-corrected chi connectivity index (χ2v) is 2.53. The van der Waals surface area contributed by atoms with Crippen LogP contribution in [0.5, 0.6) is 5.75 Å². The van der Waals surface area contributed by atoms with E-state index in [1.54, 1.807) is 6.08 Å². The van der Waals surface area contributed by atoms with Crippen LogP contribution in [-0.2, 0) is 0 Å². The molecule has 0 N–H and O–H groups in total. The highest BCUT2D eigenvalue weighted by Crippen LogP contribution is 2.10. The van der Waals surface area contributed by atoms with Crippen LogP contribution in [0.3, 0.4) is 0 Å².